The van der Waals surface area contributed by atoms with Crippen molar-refractivity contribution < 1.29 is 5.11 Å². The molecule has 2 atom stereocenters. The topological polar surface area (TPSA) is 68.2 Å². The average molecular weight is 180 g/mol. The highest BCUT2D eigenvalue weighted by Gasteiger charge is 2.30. The summed E-state index contributed by atoms with van der Waals surface area (Å²) in [5, 5.41) is 9.38. The van der Waals surface area contributed by atoms with Crippen molar-refractivity contribution >= 4 is 5.69 Å². The first-order chi connectivity index (χ1) is 6.20. The van der Waals surface area contributed by atoms with Crippen molar-refractivity contribution in [3.63, 3.8) is 0 Å². The van der Waals surface area contributed by atoms with E-state index in [0.29, 0.717) is 0 Å². The second kappa shape index (κ2) is 2.88. The molecule has 0 unspecified atom stereocenters. The van der Waals surface area contributed by atoms with Crippen molar-refractivity contribution in [3.8, 4) is 0 Å². The molecule has 13 heavy (non-hydrogen) atoms. The highest BCUT2D eigenvalue weighted by atomic mass is 16.3. The largest absolute Gasteiger partial charge is 0.394 e. The maximum atomic E-state index is 11.5. The van der Waals surface area contributed by atoms with Crippen molar-refractivity contribution in [2.75, 3.05) is 5.73 Å². The van der Waals surface area contributed by atoms with E-state index in [0.717, 1.165) is 12.8 Å². The van der Waals surface area contributed by atoms with E-state index < -0.39 is 0 Å². The third-order valence-electron chi connectivity index (χ3n) is 2.56. The number of aliphatic hydroxyl groups excluding tert-OH is 1. The molecule has 2 rings (SSSR count). The second-order valence-corrected chi connectivity index (χ2v) is 3.39. The highest BCUT2D eigenvalue weighted by molar-refractivity contribution is 5.33. The molecular weight excluding hydrogens is 168 g/mol. The van der Waals surface area contributed by atoms with Gasteiger partial charge in [0, 0.05) is 6.20 Å². The smallest absolute Gasteiger partial charge is 0.274 e. The van der Waals surface area contributed by atoms with E-state index in [1.54, 1.807) is 18.3 Å². The van der Waals surface area contributed by atoms with Gasteiger partial charge in [-0.25, -0.2) is 0 Å². The zero-order valence-corrected chi connectivity index (χ0v) is 7.18. The molecule has 1 saturated carbocycles. The Hall–Kier alpha value is -1.29. The van der Waals surface area contributed by atoms with E-state index in [9.17, 15) is 9.90 Å². The van der Waals surface area contributed by atoms with E-state index in [1.807, 2.05) is 0 Å². The Balaban J connectivity index is 2.40. The number of nitrogens with two attached hydrogens (primary N) is 1. The predicted octanol–water partition coefficient (Wildman–Crippen LogP) is 0.126. The van der Waals surface area contributed by atoms with Gasteiger partial charge in [-0.1, -0.05) is 0 Å². The summed E-state index contributed by atoms with van der Waals surface area (Å²) in [4.78, 5) is 11.5. The van der Waals surface area contributed by atoms with Crippen molar-refractivity contribution in [1.29, 1.82) is 0 Å². The van der Waals surface area contributed by atoms with Crippen molar-refractivity contribution in [3.05, 3.63) is 28.7 Å². The number of hydrogen-bond donors (Lipinski definition) is 2. The van der Waals surface area contributed by atoms with Gasteiger partial charge >= 0.3 is 0 Å². The zero-order valence-electron chi connectivity index (χ0n) is 7.18. The first kappa shape index (κ1) is 8.31. The minimum absolute atomic E-state index is 0.0731. The molecule has 1 aromatic rings. The molecule has 0 aromatic carbocycles. The molecule has 0 aliphatic heterocycles. The molecule has 0 spiro atoms. The van der Waals surface area contributed by atoms with Crippen LogP contribution in [0.5, 0.6) is 0 Å². The Morgan fingerprint density at radius 2 is 2.31 bits per heavy atom. The Bertz CT molecular complexity index is 372. The molecule has 0 bridgehead atoms. The van der Waals surface area contributed by atoms with Gasteiger partial charge < -0.3 is 15.4 Å². The number of hydrogen-bond acceptors (Lipinski definition) is 3. The summed E-state index contributed by atoms with van der Waals surface area (Å²) in [6.07, 6.45) is 2.90. The quantitative estimate of drug-likeness (QED) is 0.645. The fourth-order valence-corrected chi connectivity index (χ4v) is 1.58. The number of anilines is 1. The summed E-state index contributed by atoms with van der Waals surface area (Å²) in [6.45, 7) is 0. The number of rotatable bonds is 1. The number of nitrogens with zero attached hydrogens (tertiary/aromatic N) is 1. The molecule has 1 aliphatic rings. The van der Waals surface area contributed by atoms with Crippen LogP contribution in [0, 0.1) is 0 Å². The molecule has 1 fully saturated rings. The maximum absolute atomic E-state index is 11.5. The number of aliphatic hydroxyl groups is 1. The Labute approximate surface area is 75.6 Å². The van der Waals surface area contributed by atoms with Crippen LogP contribution in [-0.2, 0) is 0 Å². The molecule has 1 heterocycles. The fraction of sp³-hybridized carbons (Fsp3) is 0.444. The van der Waals surface area contributed by atoms with E-state index in [4.69, 9.17) is 5.73 Å². The molecule has 0 radical (unpaired) electrons. The van der Waals surface area contributed by atoms with Gasteiger partial charge in [0.05, 0.1) is 17.8 Å². The monoisotopic (exact) mass is 180 g/mol. The normalized spacial score (nSPS) is 26.8. The minimum atomic E-state index is -0.389. The molecule has 70 valence electrons. The Kier molecular flexibility index (Phi) is 1.84. The van der Waals surface area contributed by atoms with Gasteiger partial charge in [-0.2, -0.15) is 0 Å². The Morgan fingerprint density at radius 3 is 2.85 bits per heavy atom. The van der Waals surface area contributed by atoms with E-state index >= 15 is 0 Å². The van der Waals surface area contributed by atoms with Crippen LogP contribution in [0.3, 0.4) is 0 Å². The summed E-state index contributed by atoms with van der Waals surface area (Å²) in [5.74, 6) is 0. The maximum Gasteiger partial charge on any atom is 0.274 e. The molecule has 3 N–H and O–H groups in total. The van der Waals surface area contributed by atoms with Crippen LogP contribution in [0.1, 0.15) is 18.9 Å². The van der Waals surface area contributed by atoms with Crippen LogP contribution in [-0.4, -0.2) is 15.8 Å². The molecular formula is C9H12N2O2. The summed E-state index contributed by atoms with van der Waals surface area (Å²) in [6, 6.07) is 3.22. The van der Waals surface area contributed by atoms with Gasteiger partial charge in [-0.3, -0.25) is 4.79 Å². The van der Waals surface area contributed by atoms with Crippen molar-refractivity contribution in [2.24, 2.45) is 0 Å². The zero-order chi connectivity index (χ0) is 9.42. The van der Waals surface area contributed by atoms with Gasteiger partial charge in [0.1, 0.15) is 0 Å². The van der Waals surface area contributed by atoms with Crippen LogP contribution in [0.15, 0.2) is 23.1 Å². The first-order valence-electron chi connectivity index (χ1n) is 4.35. The minimum Gasteiger partial charge on any atom is -0.394 e. The van der Waals surface area contributed by atoms with Crippen LogP contribution in [0.25, 0.3) is 0 Å². The van der Waals surface area contributed by atoms with Gasteiger partial charge in [-0.05, 0) is 25.0 Å². The molecule has 0 amide bonds. The third kappa shape index (κ3) is 1.23. The average Bonchev–Trinajstić information content (AvgIpc) is 2.10. The van der Waals surface area contributed by atoms with Crippen molar-refractivity contribution in [2.45, 2.75) is 25.0 Å². The second-order valence-electron chi connectivity index (χ2n) is 3.39. The van der Waals surface area contributed by atoms with Crippen molar-refractivity contribution in [1.82, 2.24) is 4.57 Å². The predicted molar refractivity (Wildman–Crippen MR) is 49.4 cm³/mol. The highest BCUT2D eigenvalue weighted by Crippen LogP contribution is 2.30. The molecule has 1 aromatic heterocycles. The fourth-order valence-electron chi connectivity index (χ4n) is 1.58. The standard InChI is InChI=1S/C9H12N2O2/c10-6-2-1-5-11(9(6)13)7-3-4-8(7)12/h1-2,5,7-8,12H,3-4,10H2/t7-,8-/m1/s1. The molecule has 0 saturated heterocycles. The first-order valence-corrected chi connectivity index (χ1v) is 4.35. The number of pyridine rings is 1. The summed E-state index contributed by atoms with van der Waals surface area (Å²) >= 11 is 0. The Morgan fingerprint density at radius 1 is 1.54 bits per heavy atom. The van der Waals surface area contributed by atoms with Crippen LogP contribution < -0.4 is 11.3 Å². The van der Waals surface area contributed by atoms with E-state index in [-0.39, 0.29) is 23.4 Å². The lowest BCUT2D eigenvalue weighted by atomic mass is 9.89. The molecule has 4 nitrogen and oxygen atoms in total. The van der Waals surface area contributed by atoms with Gasteiger partial charge in [0.15, 0.2) is 0 Å². The van der Waals surface area contributed by atoms with Gasteiger partial charge in [0.25, 0.3) is 5.56 Å². The molecule has 4 heteroatoms. The lowest BCUT2D eigenvalue weighted by Crippen LogP contribution is -2.39. The number of nitrogen functional groups attached to an aromatic ring is 1. The summed E-state index contributed by atoms with van der Waals surface area (Å²) < 4.78 is 1.52. The van der Waals surface area contributed by atoms with E-state index in [2.05, 4.69) is 0 Å². The SMILES string of the molecule is Nc1cccn([C@@H]2CC[C@H]2O)c1=O. The van der Waals surface area contributed by atoms with Crippen LogP contribution in [0.4, 0.5) is 5.69 Å². The van der Waals surface area contributed by atoms with Crippen LogP contribution >= 0.6 is 0 Å². The van der Waals surface area contributed by atoms with E-state index in [1.165, 1.54) is 4.57 Å². The third-order valence-corrected chi connectivity index (χ3v) is 2.56. The molecule has 1 aliphatic carbocycles. The lowest BCUT2D eigenvalue weighted by Gasteiger charge is -2.33. The number of aromatic nitrogens is 1. The van der Waals surface area contributed by atoms with Gasteiger partial charge in [-0.15, -0.1) is 0 Å². The summed E-state index contributed by atoms with van der Waals surface area (Å²) in [5.41, 5.74) is 5.50. The summed E-state index contributed by atoms with van der Waals surface area (Å²) in [7, 11) is 0. The van der Waals surface area contributed by atoms with Gasteiger partial charge in [0.2, 0.25) is 0 Å². The van der Waals surface area contributed by atoms with Crippen LogP contribution in [0.2, 0.25) is 0 Å². The lowest BCUT2D eigenvalue weighted by molar-refractivity contribution is 0.0300.